The lowest BCUT2D eigenvalue weighted by molar-refractivity contribution is 0.311. The molecule has 0 saturated heterocycles. The van der Waals surface area contributed by atoms with Gasteiger partial charge >= 0.3 is 0 Å². The van der Waals surface area contributed by atoms with Crippen molar-refractivity contribution in [3.05, 3.63) is 103 Å². The second-order valence-electron chi connectivity index (χ2n) is 6.62. The van der Waals surface area contributed by atoms with Crippen molar-refractivity contribution in [1.82, 2.24) is 5.32 Å². The molecule has 0 fully saturated rings. The van der Waals surface area contributed by atoms with E-state index in [2.05, 4.69) is 78.6 Å². The van der Waals surface area contributed by atoms with Crippen molar-refractivity contribution in [3.63, 3.8) is 0 Å². The van der Waals surface area contributed by atoms with Crippen LogP contribution in [0, 0.1) is 0 Å². The summed E-state index contributed by atoms with van der Waals surface area (Å²) in [5.41, 5.74) is 2.44. The Morgan fingerprint density at radius 1 is 1.00 bits per heavy atom. The SMILES string of the molecule is C=CCCCOc1ccc(C2(CCc3ccccc3)C=CC=CN2)cc1. The second kappa shape index (κ2) is 9.10. The van der Waals surface area contributed by atoms with E-state index in [4.69, 9.17) is 4.74 Å². The number of dihydropyridines is 1. The number of hydrogen-bond acceptors (Lipinski definition) is 2. The molecule has 0 spiro atoms. The van der Waals surface area contributed by atoms with E-state index in [0.717, 1.165) is 38.0 Å². The molecule has 1 N–H and O–H groups in total. The van der Waals surface area contributed by atoms with Gasteiger partial charge in [-0.3, -0.25) is 0 Å². The zero-order valence-corrected chi connectivity index (χ0v) is 15.2. The number of hydrogen-bond donors (Lipinski definition) is 1. The molecule has 1 heterocycles. The fourth-order valence-corrected chi connectivity index (χ4v) is 3.25. The highest BCUT2D eigenvalue weighted by Gasteiger charge is 2.28. The molecule has 0 aromatic heterocycles. The van der Waals surface area contributed by atoms with Crippen molar-refractivity contribution in [3.8, 4) is 5.75 Å². The molecule has 2 aromatic rings. The molecular formula is C24H27NO. The van der Waals surface area contributed by atoms with Crippen molar-refractivity contribution in [2.24, 2.45) is 0 Å². The van der Waals surface area contributed by atoms with E-state index in [1.165, 1.54) is 11.1 Å². The largest absolute Gasteiger partial charge is 0.494 e. The minimum atomic E-state index is -0.175. The summed E-state index contributed by atoms with van der Waals surface area (Å²) in [5.74, 6) is 0.923. The summed E-state index contributed by atoms with van der Waals surface area (Å²) in [4.78, 5) is 0. The first-order valence-corrected chi connectivity index (χ1v) is 9.33. The van der Waals surface area contributed by atoms with Gasteiger partial charge in [0, 0.05) is 0 Å². The van der Waals surface area contributed by atoms with Gasteiger partial charge in [-0.1, -0.05) is 60.7 Å². The molecule has 26 heavy (non-hydrogen) atoms. The average molecular weight is 345 g/mol. The predicted molar refractivity (Wildman–Crippen MR) is 109 cm³/mol. The Labute approximate surface area is 156 Å². The second-order valence-corrected chi connectivity index (χ2v) is 6.62. The Morgan fingerprint density at radius 2 is 1.81 bits per heavy atom. The molecule has 1 aliphatic rings. The Balaban J connectivity index is 1.70. The van der Waals surface area contributed by atoms with Crippen LogP contribution in [0.1, 0.15) is 30.4 Å². The van der Waals surface area contributed by atoms with Crippen LogP contribution in [0.25, 0.3) is 0 Å². The number of aryl methyl sites for hydroxylation is 1. The molecule has 2 heteroatoms. The highest BCUT2D eigenvalue weighted by Crippen LogP contribution is 2.31. The van der Waals surface area contributed by atoms with Gasteiger partial charge in [-0.05, 0) is 61.2 Å². The van der Waals surface area contributed by atoms with Crippen LogP contribution in [0.15, 0.2) is 91.7 Å². The van der Waals surface area contributed by atoms with Gasteiger partial charge in [0.25, 0.3) is 0 Å². The summed E-state index contributed by atoms with van der Waals surface area (Å²) in [5, 5.41) is 3.58. The van der Waals surface area contributed by atoms with Gasteiger partial charge in [0.05, 0.1) is 12.1 Å². The van der Waals surface area contributed by atoms with E-state index >= 15 is 0 Å². The molecule has 0 amide bonds. The Kier molecular flexibility index (Phi) is 6.32. The molecule has 134 valence electrons. The minimum Gasteiger partial charge on any atom is -0.494 e. The molecule has 0 aliphatic carbocycles. The number of unbranched alkanes of at least 4 members (excludes halogenated alkanes) is 1. The maximum Gasteiger partial charge on any atom is 0.119 e. The van der Waals surface area contributed by atoms with Crippen molar-refractivity contribution >= 4 is 0 Å². The van der Waals surface area contributed by atoms with Crippen molar-refractivity contribution in [1.29, 1.82) is 0 Å². The normalized spacial score (nSPS) is 18.3. The molecule has 1 unspecified atom stereocenters. The van der Waals surface area contributed by atoms with Crippen molar-refractivity contribution < 1.29 is 4.74 Å². The number of nitrogens with one attached hydrogen (secondary N) is 1. The lowest BCUT2D eigenvalue weighted by Crippen LogP contribution is -2.39. The van der Waals surface area contributed by atoms with Crippen LogP contribution in [0.3, 0.4) is 0 Å². The van der Waals surface area contributed by atoms with Gasteiger partial charge in [0.15, 0.2) is 0 Å². The van der Waals surface area contributed by atoms with E-state index in [0.29, 0.717) is 0 Å². The van der Waals surface area contributed by atoms with E-state index in [1.807, 2.05) is 18.4 Å². The van der Waals surface area contributed by atoms with Crippen LogP contribution in [0.2, 0.25) is 0 Å². The van der Waals surface area contributed by atoms with Crippen molar-refractivity contribution in [2.75, 3.05) is 6.61 Å². The standard InChI is InChI=1S/C24H27NO/c1-2-3-9-20-26-23-14-12-22(13-15-23)24(17-7-8-19-25-24)18-16-21-10-5-4-6-11-21/h2,4-8,10-15,17,19,25H,1,3,9,16,18,20H2. The Bertz CT molecular complexity index is 746. The van der Waals surface area contributed by atoms with Crippen molar-refractivity contribution in [2.45, 2.75) is 31.2 Å². The average Bonchev–Trinajstić information content (AvgIpc) is 2.72. The fraction of sp³-hybridized carbons (Fsp3) is 0.250. The molecule has 1 aliphatic heterocycles. The first-order valence-electron chi connectivity index (χ1n) is 9.33. The number of benzene rings is 2. The fourth-order valence-electron chi connectivity index (χ4n) is 3.25. The molecule has 0 radical (unpaired) electrons. The van der Waals surface area contributed by atoms with E-state index < -0.39 is 0 Å². The molecule has 0 bridgehead atoms. The molecule has 3 rings (SSSR count). The minimum absolute atomic E-state index is 0.175. The first kappa shape index (κ1) is 18.1. The van der Waals surface area contributed by atoms with Crippen LogP contribution in [-0.4, -0.2) is 6.61 Å². The summed E-state index contributed by atoms with van der Waals surface area (Å²) < 4.78 is 5.81. The van der Waals surface area contributed by atoms with Gasteiger partial charge in [0.2, 0.25) is 0 Å². The van der Waals surface area contributed by atoms with Gasteiger partial charge in [-0.25, -0.2) is 0 Å². The lowest BCUT2D eigenvalue weighted by Gasteiger charge is -2.34. The summed E-state index contributed by atoms with van der Waals surface area (Å²) in [7, 11) is 0. The molecule has 0 saturated carbocycles. The third-order valence-corrected chi connectivity index (χ3v) is 4.77. The maximum absolute atomic E-state index is 5.81. The van der Waals surface area contributed by atoms with Gasteiger partial charge < -0.3 is 10.1 Å². The maximum atomic E-state index is 5.81. The van der Waals surface area contributed by atoms with Crippen LogP contribution in [0.5, 0.6) is 5.75 Å². The van der Waals surface area contributed by atoms with Crippen LogP contribution in [0.4, 0.5) is 0 Å². The zero-order valence-electron chi connectivity index (χ0n) is 15.2. The third kappa shape index (κ3) is 4.66. The number of allylic oxidation sites excluding steroid dienone is 3. The number of rotatable bonds is 9. The lowest BCUT2D eigenvalue weighted by atomic mass is 9.83. The number of ether oxygens (including phenoxy) is 1. The molecule has 2 nitrogen and oxygen atoms in total. The van der Waals surface area contributed by atoms with Crippen LogP contribution < -0.4 is 10.1 Å². The monoisotopic (exact) mass is 345 g/mol. The van der Waals surface area contributed by atoms with Gasteiger partial charge in [-0.15, -0.1) is 6.58 Å². The molecule has 2 aromatic carbocycles. The smallest absolute Gasteiger partial charge is 0.119 e. The zero-order chi connectivity index (χ0) is 18.1. The summed E-state index contributed by atoms with van der Waals surface area (Å²) in [6.07, 6.45) is 14.4. The first-order chi connectivity index (χ1) is 12.8. The topological polar surface area (TPSA) is 21.3 Å². The summed E-state index contributed by atoms with van der Waals surface area (Å²) >= 11 is 0. The highest BCUT2D eigenvalue weighted by atomic mass is 16.5. The van der Waals surface area contributed by atoms with Crippen LogP contribution >= 0.6 is 0 Å². The van der Waals surface area contributed by atoms with E-state index in [1.54, 1.807) is 0 Å². The van der Waals surface area contributed by atoms with E-state index in [9.17, 15) is 0 Å². The highest BCUT2D eigenvalue weighted by molar-refractivity contribution is 5.38. The summed E-state index contributed by atoms with van der Waals surface area (Å²) in [6.45, 7) is 4.47. The molecular weight excluding hydrogens is 318 g/mol. The summed E-state index contributed by atoms with van der Waals surface area (Å²) in [6, 6.07) is 19.1. The van der Waals surface area contributed by atoms with Gasteiger partial charge in [0.1, 0.15) is 5.75 Å². The Hall–Kier alpha value is -2.74. The molecule has 1 atom stereocenters. The third-order valence-electron chi connectivity index (χ3n) is 4.77. The van der Waals surface area contributed by atoms with Gasteiger partial charge in [-0.2, -0.15) is 0 Å². The Morgan fingerprint density at radius 3 is 2.50 bits per heavy atom. The predicted octanol–water partition coefficient (Wildman–Crippen LogP) is 5.53. The van der Waals surface area contributed by atoms with E-state index in [-0.39, 0.29) is 5.54 Å². The van der Waals surface area contributed by atoms with Crippen LogP contribution in [-0.2, 0) is 12.0 Å². The quantitative estimate of drug-likeness (QED) is 0.476.